The van der Waals surface area contributed by atoms with Crippen molar-refractivity contribution in [2.45, 2.75) is 19.3 Å². The van der Waals surface area contributed by atoms with Crippen LogP contribution >= 0.6 is 24.0 Å². The first-order chi connectivity index (χ1) is 12.1. The molecule has 2 saturated heterocycles. The van der Waals surface area contributed by atoms with Crippen LogP contribution in [0, 0.1) is 0 Å². The van der Waals surface area contributed by atoms with Gasteiger partial charge < -0.3 is 4.90 Å². The van der Waals surface area contributed by atoms with Crippen molar-refractivity contribution in [3.8, 4) is 0 Å². The predicted molar refractivity (Wildman–Crippen MR) is 106 cm³/mol. The summed E-state index contributed by atoms with van der Waals surface area (Å²) >= 11 is 6.60. The number of thioether (sulfide) groups is 1. The maximum atomic E-state index is 12.5. The largest absolute Gasteiger partial charge is 0.343 e. The van der Waals surface area contributed by atoms with E-state index in [1.165, 1.54) is 16.7 Å². The Morgan fingerprint density at radius 3 is 2.64 bits per heavy atom. The van der Waals surface area contributed by atoms with Crippen LogP contribution in [0.15, 0.2) is 47.4 Å². The van der Waals surface area contributed by atoms with E-state index in [0.717, 1.165) is 31.5 Å². The van der Waals surface area contributed by atoms with Crippen LogP contribution < -0.4 is 0 Å². The zero-order valence-corrected chi connectivity index (χ0v) is 15.5. The molecule has 0 unspecified atom stereocenters. The van der Waals surface area contributed by atoms with Gasteiger partial charge in [0.2, 0.25) is 5.91 Å². The molecule has 0 aliphatic carbocycles. The van der Waals surface area contributed by atoms with Gasteiger partial charge in [-0.25, -0.2) is 0 Å². The van der Waals surface area contributed by atoms with Crippen LogP contribution in [0.25, 0.3) is 6.08 Å². The number of allylic oxidation sites excluding steroid dienone is 2. The number of hydrogen-bond donors (Lipinski definition) is 0. The highest BCUT2D eigenvalue weighted by molar-refractivity contribution is 8.26. The molecule has 0 spiro atoms. The van der Waals surface area contributed by atoms with Crippen molar-refractivity contribution >= 4 is 46.2 Å². The Labute approximate surface area is 157 Å². The fourth-order valence-corrected chi connectivity index (χ4v) is 4.11. The zero-order chi connectivity index (χ0) is 17.6. The Hall–Kier alpha value is -1.92. The maximum absolute atomic E-state index is 12.5. The summed E-state index contributed by atoms with van der Waals surface area (Å²) in [5.74, 6) is 0.00133. The van der Waals surface area contributed by atoms with Gasteiger partial charge in [0, 0.05) is 26.1 Å². The first kappa shape index (κ1) is 17.9. The van der Waals surface area contributed by atoms with E-state index in [1.54, 1.807) is 6.08 Å². The molecule has 130 valence electrons. The average molecular weight is 373 g/mol. The summed E-state index contributed by atoms with van der Waals surface area (Å²) in [5.41, 5.74) is 1.07. The molecule has 0 bridgehead atoms. The van der Waals surface area contributed by atoms with Gasteiger partial charge >= 0.3 is 0 Å². The number of carbonyl (C=O) groups excluding carboxylic acids is 2. The van der Waals surface area contributed by atoms with E-state index in [4.69, 9.17) is 12.2 Å². The lowest BCUT2D eigenvalue weighted by Gasteiger charge is -2.18. The van der Waals surface area contributed by atoms with Gasteiger partial charge in [0.15, 0.2) is 0 Å². The minimum absolute atomic E-state index is 0.109. The molecule has 1 aromatic rings. The number of hydrogen-bond acceptors (Lipinski definition) is 4. The first-order valence-corrected chi connectivity index (χ1v) is 9.62. The van der Waals surface area contributed by atoms with Crippen molar-refractivity contribution in [1.29, 1.82) is 0 Å². The molecule has 4 nitrogen and oxygen atoms in total. The summed E-state index contributed by atoms with van der Waals surface area (Å²) in [6.07, 6.45) is 8.07. The lowest BCUT2D eigenvalue weighted by Crippen LogP contribution is -2.34. The second kappa shape index (κ2) is 8.45. The van der Waals surface area contributed by atoms with Gasteiger partial charge in [-0.2, -0.15) is 0 Å². The Bertz CT molecular complexity index is 722. The summed E-state index contributed by atoms with van der Waals surface area (Å²) in [6, 6.07) is 9.90. The molecule has 2 aliphatic heterocycles. The SMILES string of the molecule is O=C(CCN1C(=O)/C(=C/C=C/c2ccccc2)SC1=S)N1CCCC1. The molecule has 0 atom stereocenters. The molecule has 2 fully saturated rings. The van der Waals surface area contributed by atoms with Gasteiger partial charge in [0.05, 0.1) is 4.91 Å². The smallest absolute Gasteiger partial charge is 0.266 e. The van der Waals surface area contributed by atoms with Crippen LogP contribution in [0.1, 0.15) is 24.8 Å². The number of amides is 2. The Kier molecular flexibility index (Phi) is 6.04. The summed E-state index contributed by atoms with van der Waals surface area (Å²) in [5, 5.41) is 0. The molecule has 25 heavy (non-hydrogen) atoms. The molecule has 0 N–H and O–H groups in total. The lowest BCUT2D eigenvalue weighted by atomic mass is 10.2. The van der Waals surface area contributed by atoms with Crippen molar-refractivity contribution in [1.82, 2.24) is 9.80 Å². The zero-order valence-electron chi connectivity index (χ0n) is 13.9. The lowest BCUT2D eigenvalue weighted by molar-refractivity contribution is -0.130. The third kappa shape index (κ3) is 4.58. The van der Waals surface area contributed by atoms with E-state index in [2.05, 4.69) is 0 Å². The number of benzene rings is 1. The normalized spacial score (nSPS) is 19.6. The molecule has 0 radical (unpaired) electrons. The third-order valence-electron chi connectivity index (χ3n) is 4.22. The van der Waals surface area contributed by atoms with Gasteiger partial charge in [-0.05, 0) is 24.5 Å². The summed E-state index contributed by atoms with van der Waals surface area (Å²) in [7, 11) is 0. The Morgan fingerprint density at radius 2 is 1.92 bits per heavy atom. The van der Waals surface area contributed by atoms with E-state index in [0.29, 0.717) is 22.2 Å². The number of thiocarbonyl (C=S) groups is 1. The molecule has 6 heteroatoms. The van der Waals surface area contributed by atoms with Gasteiger partial charge in [0.1, 0.15) is 4.32 Å². The minimum atomic E-state index is -0.109. The number of rotatable bonds is 5. The molecule has 3 rings (SSSR count). The van der Waals surface area contributed by atoms with Crippen LogP contribution in [-0.2, 0) is 9.59 Å². The van der Waals surface area contributed by atoms with Crippen molar-refractivity contribution in [3.05, 3.63) is 53.0 Å². The fourth-order valence-electron chi connectivity index (χ4n) is 2.85. The quantitative estimate of drug-likeness (QED) is 0.586. The molecular formula is C19H20N2O2S2. The van der Waals surface area contributed by atoms with Gasteiger partial charge in [0.25, 0.3) is 5.91 Å². The van der Waals surface area contributed by atoms with Crippen molar-refractivity contribution in [3.63, 3.8) is 0 Å². The standard InChI is InChI=1S/C19H20N2O2S2/c22-17(20-12-4-5-13-20)11-14-21-18(23)16(25-19(21)24)10-6-9-15-7-2-1-3-8-15/h1-3,6-10H,4-5,11-14H2/b9-6+,16-10-. The average Bonchev–Trinajstić information content (AvgIpc) is 3.24. The predicted octanol–water partition coefficient (Wildman–Crippen LogP) is 3.46. The van der Waals surface area contributed by atoms with Gasteiger partial charge in [-0.1, -0.05) is 66.5 Å². The van der Waals surface area contributed by atoms with Crippen LogP contribution in [0.2, 0.25) is 0 Å². The Morgan fingerprint density at radius 1 is 1.20 bits per heavy atom. The van der Waals surface area contributed by atoms with Crippen molar-refractivity contribution < 1.29 is 9.59 Å². The number of nitrogens with zero attached hydrogens (tertiary/aromatic N) is 2. The summed E-state index contributed by atoms with van der Waals surface area (Å²) in [6.45, 7) is 2.03. The van der Waals surface area contributed by atoms with Crippen LogP contribution in [0.5, 0.6) is 0 Å². The van der Waals surface area contributed by atoms with Gasteiger partial charge in [-0.15, -0.1) is 0 Å². The van der Waals surface area contributed by atoms with E-state index >= 15 is 0 Å². The second-order valence-electron chi connectivity index (χ2n) is 5.96. The highest BCUT2D eigenvalue weighted by atomic mass is 32.2. The first-order valence-electron chi connectivity index (χ1n) is 8.40. The topological polar surface area (TPSA) is 40.6 Å². The fraction of sp³-hybridized carbons (Fsp3) is 0.316. The molecule has 0 saturated carbocycles. The Balaban J connectivity index is 1.57. The van der Waals surface area contributed by atoms with E-state index in [1.807, 2.05) is 47.4 Å². The molecule has 2 amide bonds. The molecule has 2 aliphatic rings. The van der Waals surface area contributed by atoms with Crippen LogP contribution in [-0.4, -0.2) is 45.6 Å². The summed E-state index contributed by atoms with van der Waals surface area (Å²) < 4.78 is 0.526. The summed E-state index contributed by atoms with van der Waals surface area (Å²) in [4.78, 5) is 28.6. The third-order valence-corrected chi connectivity index (χ3v) is 5.61. The molecule has 1 aromatic carbocycles. The van der Waals surface area contributed by atoms with E-state index in [-0.39, 0.29) is 11.8 Å². The molecule has 0 aromatic heterocycles. The monoisotopic (exact) mass is 372 g/mol. The highest BCUT2D eigenvalue weighted by Crippen LogP contribution is 2.31. The van der Waals surface area contributed by atoms with Crippen molar-refractivity contribution in [2.75, 3.05) is 19.6 Å². The minimum Gasteiger partial charge on any atom is -0.343 e. The number of carbonyl (C=O) groups is 2. The van der Waals surface area contributed by atoms with Gasteiger partial charge in [-0.3, -0.25) is 14.5 Å². The second-order valence-corrected chi connectivity index (χ2v) is 7.64. The number of likely N-dealkylation sites (tertiary alicyclic amines) is 1. The van der Waals surface area contributed by atoms with E-state index in [9.17, 15) is 9.59 Å². The van der Waals surface area contributed by atoms with Crippen molar-refractivity contribution in [2.24, 2.45) is 0 Å². The van der Waals surface area contributed by atoms with Crippen LogP contribution in [0.4, 0.5) is 0 Å². The van der Waals surface area contributed by atoms with Crippen LogP contribution in [0.3, 0.4) is 0 Å². The molecule has 2 heterocycles. The van der Waals surface area contributed by atoms with E-state index < -0.39 is 0 Å². The molecular weight excluding hydrogens is 352 g/mol. The maximum Gasteiger partial charge on any atom is 0.266 e. The highest BCUT2D eigenvalue weighted by Gasteiger charge is 2.32.